The molecule has 2 aromatic carbocycles. The van der Waals surface area contributed by atoms with Crippen LogP contribution >= 0.6 is 61.7 Å². The van der Waals surface area contributed by atoms with E-state index in [9.17, 15) is 9.50 Å². The van der Waals surface area contributed by atoms with E-state index < -0.39 is 11.9 Å². The van der Waals surface area contributed by atoms with Crippen molar-refractivity contribution in [1.82, 2.24) is 0 Å². The molecule has 100 valence electrons. The van der Waals surface area contributed by atoms with Crippen LogP contribution in [-0.2, 0) is 0 Å². The first-order valence-corrected chi connectivity index (χ1v) is 7.81. The van der Waals surface area contributed by atoms with Crippen molar-refractivity contribution in [3.8, 4) is 0 Å². The van der Waals surface area contributed by atoms with Crippen molar-refractivity contribution in [2.75, 3.05) is 0 Å². The molecule has 0 radical (unpaired) electrons. The molecule has 0 aromatic heterocycles. The molecule has 1 N–H and O–H groups in total. The zero-order chi connectivity index (χ0) is 14.2. The SMILES string of the molecule is OC(c1cc(Cl)ccc1I)c1ccc(Br)c(Cl)c1F. The lowest BCUT2D eigenvalue weighted by Gasteiger charge is -2.15. The molecule has 6 heteroatoms. The molecule has 1 nitrogen and oxygen atoms in total. The van der Waals surface area contributed by atoms with Crippen LogP contribution in [0.4, 0.5) is 4.39 Å². The highest BCUT2D eigenvalue weighted by Gasteiger charge is 2.20. The third-order valence-electron chi connectivity index (χ3n) is 2.61. The third kappa shape index (κ3) is 3.24. The summed E-state index contributed by atoms with van der Waals surface area (Å²) in [4.78, 5) is 0. The van der Waals surface area contributed by atoms with Gasteiger partial charge in [-0.1, -0.05) is 29.3 Å². The second-order valence-corrected chi connectivity index (χ2v) is 6.66. The number of aliphatic hydroxyl groups is 1. The molecule has 1 unspecified atom stereocenters. The second kappa shape index (κ2) is 6.26. The lowest BCUT2D eigenvalue weighted by atomic mass is 10.0. The maximum atomic E-state index is 14.1. The number of rotatable bonds is 2. The van der Waals surface area contributed by atoms with Crippen LogP contribution in [0.1, 0.15) is 17.2 Å². The molecule has 1 atom stereocenters. The Morgan fingerprint density at radius 3 is 2.53 bits per heavy atom. The number of hydrogen-bond acceptors (Lipinski definition) is 1. The summed E-state index contributed by atoms with van der Waals surface area (Å²) >= 11 is 16.9. The molecule has 0 spiro atoms. The van der Waals surface area contributed by atoms with Gasteiger partial charge >= 0.3 is 0 Å². The van der Waals surface area contributed by atoms with Gasteiger partial charge in [0, 0.05) is 18.6 Å². The molecule has 0 bridgehead atoms. The minimum atomic E-state index is -1.11. The maximum Gasteiger partial charge on any atom is 0.149 e. The molecule has 0 fully saturated rings. The van der Waals surface area contributed by atoms with Gasteiger partial charge in [0.2, 0.25) is 0 Å². The monoisotopic (exact) mass is 474 g/mol. The Kier molecular flexibility index (Phi) is 5.11. The Morgan fingerprint density at radius 2 is 1.84 bits per heavy atom. The van der Waals surface area contributed by atoms with Crippen LogP contribution in [0.25, 0.3) is 0 Å². The quantitative estimate of drug-likeness (QED) is 0.444. The highest BCUT2D eigenvalue weighted by molar-refractivity contribution is 14.1. The number of aliphatic hydroxyl groups excluding tert-OH is 1. The third-order valence-corrected chi connectivity index (χ3v) is 5.09. The average Bonchev–Trinajstić information content (AvgIpc) is 2.38. The maximum absolute atomic E-state index is 14.1. The van der Waals surface area contributed by atoms with Gasteiger partial charge < -0.3 is 5.11 Å². The van der Waals surface area contributed by atoms with E-state index in [1.807, 2.05) is 0 Å². The Balaban J connectivity index is 2.53. The minimum Gasteiger partial charge on any atom is -0.384 e. The van der Waals surface area contributed by atoms with Gasteiger partial charge in [-0.05, 0) is 68.3 Å². The lowest BCUT2D eigenvalue weighted by Crippen LogP contribution is -2.05. The predicted octanol–water partition coefficient (Wildman–Crippen LogP) is 5.58. The van der Waals surface area contributed by atoms with Gasteiger partial charge in [-0.15, -0.1) is 0 Å². The van der Waals surface area contributed by atoms with E-state index >= 15 is 0 Å². The van der Waals surface area contributed by atoms with E-state index in [2.05, 4.69) is 38.5 Å². The molecule has 19 heavy (non-hydrogen) atoms. The van der Waals surface area contributed by atoms with E-state index in [4.69, 9.17) is 23.2 Å². The van der Waals surface area contributed by atoms with Crippen molar-refractivity contribution in [2.45, 2.75) is 6.10 Å². The summed E-state index contributed by atoms with van der Waals surface area (Å²) in [6, 6.07) is 8.18. The molecule has 0 saturated heterocycles. The molecule has 0 heterocycles. The van der Waals surface area contributed by atoms with Crippen LogP contribution in [0.15, 0.2) is 34.8 Å². The Morgan fingerprint density at radius 1 is 1.16 bits per heavy atom. The summed E-state index contributed by atoms with van der Waals surface area (Å²) in [5.74, 6) is -0.640. The molecular weight excluding hydrogens is 469 g/mol. The first-order chi connectivity index (χ1) is 8.91. The standard InChI is InChI=1S/C13H7BrCl2FIO/c14-9-3-2-7(12(17)11(9)16)13(19)8-5-6(15)1-4-10(8)18/h1-5,13,19H. The number of hydrogen-bond donors (Lipinski definition) is 1. The van der Waals surface area contributed by atoms with Gasteiger partial charge in [-0.3, -0.25) is 0 Å². The highest BCUT2D eigenvalue weighted by Crippen LogP contribution is 2.34. The number of halogens is 5. The summed E-state index contributed by atoms with van der Waals surface area (Å²) in [5.41, 5.74) is 0.666. The van der Waals surface area contributed by atoms with Gasteiger partial charge in [0.25, 0.3) is 0 Å². The van der Waals surface area contributed by atoms with E-state index in [-0.39, 0.29) is 10.6 Å². The largest absolute Gasteiger partial charge is 0.384 e. The Bertz CT molecular complexity index is 636. The van der Waals surface area contributed by atoms with Gasteiger partial charge in [0.05, 0.1) is 5.02 Å². The first kappa shape index (κ1) is 15.5. The Hall–Kier alpha value is 0.120. The summed E-state index contributed by atoms with van der Waals surface area (Å²) < 4.78 is 15.3. The fourth-order valence-electron chi connectivity index (χ4n) is 1.64. The summed E-state index contributed by atoms with van der Waals surface area (Å²) in [6.07, 6.45) is -1.11. The van der Waals surface area contributed by atoms with Gasteiger partial charge in [-0.2, -0.15) is 0 Å². The molecule has 2 rings (SSSR count). The fourth-order valence-corrected chi connectivity index (χ4v) is 2.93. The molecular formula is C13H7BrCl2FIO. The van der Waals surface area contributed by atoms with Crippen LogP contribution in [0, 0.1) is 9.39 Å². The molecule has 0 aliphatic heterocycles. The molecule has 0 saturated carbocycles. The van der Waals surface area contributed by atoms with E-state index in [0.29, 0.717) is 15.1 Å². The van der Waals surface area contributed by atoms with Crippen molar-refractivity contribution in [3.63, 3.8) is 0 Å². The van der Waals surface area contributed by atoms with Crippen LogP contribution in [-0.4, -0.2) is 5.11 Å². The smallest absolute Gasteiger partial charge is 0.149 e. The van der Waals surface area contributed by atoms with Crippen molar-refractivity contribution in [1.29, 1.82) is 0 Å². The van der Waals surface area contributed by atoms with Crippen LogP contribution in [0.3, 0.4) is 0 Å². The van der Waals surface area contributed by atoms with Crippen LogP contribution < -0.4 is 0 Å². The van der Waals surface area contributed by atoms with Crippen LogP contribution in [0.2, 0.25) is 10.0 Å². The first-order valence-electron chi connectivity index (χ1n) is 5.18. The zero-order valence-corrected chi connectivity index (χ0v) is 14.6. The van der Waals surface area contributed by atoms with E-state index in [1.54, 1.807) is 24.3 Å². The minimum absolute atomic E-state index is 0.0476. The molecule has 0 amide bonds. The Labute approximate surface area is 142 Å². The fraction of sp³-hybridized carbons (Fsp3) is 0.0769. The van der Waals surface area contributed by atoms with E-state index in [1.165, 1.54) is 6.07 Å². The lowest BCUT2D eigenvalue weighted by molar-refractivity contribution is 0.214. The zero-order valence-electron chi connectivity index (χ0n) is 9.30. The topological polar surface area (TPSA) is 20.2 Å². The normalized spacial score (nSPS) is 12.5. The van der Waals surface area contributed by atoms with Gasteiger partial charge in [0.1, 0.15) is 11.9 Å². The molecule has 0 aliphatic carbocycles. The molecule has 2 aromatic rings. The summed E-state index contributed by atoms with van der Waals surface area (Å²) in [7, 11) is 0. The summed E-state index contributed by atoms with van der Waals surface area (Å²) in [5, 5.41) is 10.8. The van der Waals surface area contributed by atoms with Gasteiger partial charge in [-0.25, -0.2) is 4.39 Å². The predicted molar refractivity (Wildman–Crippen MR) is 87.3 cm³/mol. The van der Waals surface area contributed by atoms with E-state index in [0.717, 1.165) is 3.57 Å². The van der Waals surface area contributed by atoms with Crippen molar-refractivity contribution in [2.24, 2.45) is 0 Å². The number of benzene rings is 2. The summed E-state index contributed by atoms with van der Waals surface area (Å²) in [6.45, 7) is 0. The molecule has 0 aliphatic rings. The average molecular weight is 476 g/mol. The van der Waals surface area contributed by atoms with Gasteiger partial charge in [0.15, 0.2) is 0 Å². The van der Waals surface area contributed by atoms with Crippen molar-refractivity contribution < 1.29 is 9.50 Å². The second-order valence-electron chi connectivity index (χ2n) is 3.83. The van der Waals surface area contributed by atoms with Crippen LogP contribution in [0.5, 0.6) is 0 Å². The van der Waals surface area contributed by atoms with Crippen molar-refractivity contribution in [3.05, 3.63) is 65.4 Å². The van der Waals surface area contributed by atoms with Crippen molar-refractivity contribution >= 4 is 61.7 Å². The highest BCUT2D eigenvalue weighted by atomic mass is 127.